The highest BCUT2D eigenvalue weighted by Gasteiger charge is 2.00. The summed E-state index contributed by atoms with van der Waals surface area (Å²) in [5, 5.41) is 0. The van der Waals surface area contributed by atoms with Gasteiger partial charge in [0.1, 0.15) is 6.54 Å². The first-order chi connectivity index (χ1) is 17.9. The van der Waals surface area contributed by atoms with Crippen LogP contribution in [0.3, 0.4) is 0 Å². The van der Waals surface area contributed by atoms with Gasteiger partial charge in [0.2, 0.25) is 0 Å². The first kappa shape index (κ1) is 33.4. The molecule has 0 saturated carbocycles. The lowest BCUT2D eigenvalue weighted by Crippen LogP contribution is -3.00. The molecule has 0 unspecified atom stereocenters. The van der Waals surface area contributed by atoms with Gasteiger partial charge in [-0.25, -0.2) is 4.57 Å². The van der Waals surface area contributed by atoms with Crippen LogP contribution in [0.25, 0.3) is 0 Å². The number of hydrogen-bond donors (Lipinski definition) is 0. The highest BCUT2D eigenvalue weighted by molar-refractivity contribution is 5.41. The highest BCUT2D eigenvalue weighted by Crippen LogP contribution is 2.14. The number of halogens is 1. The van der Waals surface area contributed by atoms with Gasteiger partial charge in [-0.2, -0.15) is 0 Å². The molecule has 1 aromatic heterocycles. The molecule has 0 aliphatic heterocycles. The third-order valence-electron chi connectivity index (χ3n) is 7.29. The first-order valence-corrected chi connectivity index (χ1v) is 15.4. The summed E-state index contributed by atoms with van der Waals surface area (Å²) in [6.07, 6.45) is 33.0. The molecular weight excluding hydrogens is 514 g/mol. The van der Waals surface area contributed by atoms with E-state index in [4.69, 9.17) is 0 Å². The fraction of sp³-hybridized carbons (Fsp3) is 0.629. The second-order valence-electron chi connectivity index (χ2n) is 10.7. The van der Waals surface area contributed by atoms with Crippen molar-refractivity contribution in [1.29, 1.82) is 0 Å². The van der Waals surface area contributed by atoms with E-state index in [1.54, 1.807) is 0 Å². The molecule has 1 heterocycles. The van der Waals surface area contributed by atoms with Crippen LogP contribution in [0.5, 0.6) is 0 Å². The fourth-order valence-electron chi connectivity index (χ4n) is 4.91. The Labute approximate surface area is 240 Å². The molecule has 0 radical (unpaired) electrons. The molecular formula is C35H54BrN. The van der Waals surface area contributed by atoms with Crippen LogP contribution in [0, 0.1) is 11.8 Å². The van der Waals surface area contributed by atoms with Crippen molar-refractivity contribution >= 4 is 0 Å². The summed E-state index contributed by atoms with van der Waals surface area (Å²) in [7, 11) is 0. The average molecular weight is 569 g/mol. The van der Waals surface area contributed by atoms with E-state index < -0.39 is 0 Å². The number of benzene rings is 1. The van der Waals surface area contributed by atoms with E-state index in [1.165, 1.54) is 128 Å². The molecule has 0 amide bonds. The van der Waals surface area contributed by atoms with Gasteiger partial charge in [-0.1, -0.05) is 153 Å². The Balaban J connectivity index is 0.00000684. The average Bonchev–Trinajstić information content (AvgIpc) is 2.92. The molecule has 0 spiro atoms. The van der Waals surface area contributed by atoms with Crippen LogP contribution in [0.1, 0.15) is 146 Å². The van der Waals surface area contributed by atoms with Crippen LogP contribution in [-0.2, 0) is 6.54 Å². The van der Waals surface area contributed by atoms with Crippen molar-refractivity contribution in [3.63, 3.8) is 0 Å². The Morgan fingerprint density at radius 3 is 1.22 bits per heavy atom. The number of aromatic nitrogens is 1. The largest absolute Gasteiger partial charge is 1.00 e. The SMILES string of the molecule is CCCCCCCCCCCCCCCCCCCCCC[n+]1ccc(C#Cc2ccccc2)cc1.[Br-]. The van der Waals surface area contributed by atoms with Gasteiger partial charge in [0.05, 0.1) is 0 Å². The molecule has 206 valence electrons. The van der Waals surface area contributed by atoms with Gasteiger partial charge in [-0.3, -0.25) is 0 Å². The minimum absolute atomic E-state index is 0. The number of hydrogen-bond acceptors (Lipinski definition) is 0. The van der Waals surface area contributed by atoms with Crippen molar-refractivity contribution in [3.05, 3.63) is 66.0 Å². The van der Waals surface area contributed by atoms with Gasteiger partial charge in [-0.15, -0.1) is 0 Å². The molecule has 37 heavy (non-hydrogen) atoms. The molecule has 1 aromatic carbocycles. The molecule has 0 N–H and O–H groups in total. The Morgan fingerprint density at radius 1 is 0.459 bits per heavy atom. The van der Waals surface area contributed by atoms with Crippen molar-refractivity contribution in [1.82, 2.24) is 0 Å². The van der Waals surface area contributed by atoms with E-state index in [1.807, 2.05) is 18.2 Å². The standard InChI is InChI=1S/C35H54N.BrH/c1-2-3-4-5-6-7-8-9-10-11-12-13-14-15-16-17-18-19-20-24-31-36-32-29-35(30-33-36)28-27-34-25-22-21-23-26-34;/h21-23,25-26,29-30,32-33H,2-20,24,31H2,1H3;1H/q+1;/p-1. The Morgan fingerprint density at radius 2 is 0.811 bits per heavy atom. The minimum atomic E-state index is 0. The molecule has 1 nitrogen and oxygen atoms in total. The third kappa shape index (κ3) is 19.2. The lowest BCUT2D eigenvalue weighted by atomic mass is 10.0. The monoisotopic (exact) mass is 567 g/mol. The fourth-order valence-corrected chi connectivity index (χ4v) is 4.91. The van der Waals surface area contributed by atoms with Crippen LogP contribution in [0.2, 0.25) is 0 Å². The maximum atomic E-state index is 3.26. The van der Waals surface area contributed by atoms with Crippen LogP contribution in [0.4, 0.5) is 0 Å². The van der Waals surface area contributed by atoms with E-state index >= 15 is 0 Å². The summed E-state index contributed by atoms with van der Waals surface area (Å²) < 4.78 is 2.29. The summed E-state index contributed by atoms with van der Waals surface area (Å²) in [6.45, 7) is 3.42. The smallest absolute Gasteiger partial charge is 0.170 e. The molecule has 0 atom stereocenters. The topological polar surface area (TPSA) is 3.88 Å². The molecule has 0 saturated heterocycles. The first-order valence-electron chi connectivity index (χ1n) is 15.4. The predicted octanol–water partition coefficient (Wildman–Crippen LogP) is 7.20. The van der Waals surface area contributed by atoms with E-state index in [9.17, 15) is 0 Å². The zero-order valence-corrected chi connectivity index (χ0v) is 25.5. The van der Waals surface area contributed by atoms with Crippen molar-refractivity contribution in [2.45, 2.75) is 142 Å². The lowest BCUT2D eigenvalue weighted by Gasteiger charge is -2.04. The van der Waals surface area contributed by atoms with E-state index in [2.05, 4.69) is 60.0 Å². The molecule has 2 heteroatoms. The van der Waals surface area contributed by atoms with Crippen molar-refractivity contribution < 1.29 is 21.5 Å². The second kappa shape index (κ2) is 24.7. The summed E-state index contributed by atoms with van der Waals surface area (Å²) in [5.41, 5.74) is 2.15. The number of pyridine rings is 1. The molecule has 2 rings (SSSR count). The zero-order chi connectivity index (χ0) is 25.4. The normalized spacial score (nSPS) is 10.5. The van der Waals surface area contributed by atoms with Gasteiger partial charge < -0.3 is 17.0 Å². The predicted molar refractivity (Wildman–Crippen MR) is 157 cm³/mol. The Hall–Kier alpha value is -1.59. The van der Waals surface area contributed by atoms with E-state index in [0.29, 0.717) is 0 Å². The van der Waals surface area contributed by atoms with Gasteiger partial charge in [0, 0.05) is 29.7 Å². The van der Waals surface area contributed by atoms with Crippen LogP contribution in [0.15, 0.2) is 54.9 Å². The van der Waals surface area contributed by atoms with Crippen molar-refractivity contribution in [2.75, 3.05) is 0 Å². The van der Waals surface area contributed by atoms with Crippen LogP contribution in [-0.4, -0.2) is 0 Å². The van der Waals surface area contributed by atoms with Gasteiger partial charge in [0.25, 0.3) is 0 Å². The summed E-state index contributed by atoms with van der Waals surface area (Å²) in [4.78, 5) is 0. The number of aryl methyl sites for hydroxylation is 1. The number of unbranched alkanes of at least 4 members (excludes halogenated alkanes) is 19. The maximum Gasteiger partial charge on any atom is 0.170 e. The van der Waals surface area contributed by atoms with Crippen LogP contribution >= 0.6 is 0 Å². The van der Waals surface area contributed by atoms with Gasteiger partial charge in [-0.05, 0) is 18.6 Å². The molecule has 0 fully saturated rings. The number of nitrogens with zero attached hydrogens (tertiary/aromatic N) is 1. The Kier molecular flexibility index (Phi) is 22.3. The van der Waals surface area contributed by atoms with Gasteiger partial charge >= 0.3 is 0 Å². The quantitative estimate of drug-likeness (QED) is 0.0852. The molecule has 0 aliphatic rings. The summed E-state index contributed by atoms with van der Waals surface area (Å²) >= 11 is 0. The maximum absolute atomic E-state index is 3.26. The van der Waals surface area contributed by atoms with Crippen LogP contribution < -0.4 is 21.5 Å². The zero-order valence-electron chi connectivity index (χ0n) is 23.9. The molecule has 2 aromatic rings. The lowest BCUT2D eigenvalue weighted by molar-refractivity contribution is -0.697. The third-order valence-corrected chi connectivity index (χ3v) is 7.29. The van der Waals surface area contributed by atoms with Crippen molar-refractivity contribution in [2.24, 2.45) is 0 Å². The number of rotatable bonds is 21. The minimum Gasteiger partial charge on any atom is -1.00 e. The Bertz CT molecular complexity index is 803. The van der Waals surface area contributed by atoms with Crippen molar-refractivity contribution in [3.8, 4) is 11.8 Å². The summed E-state index contributed by atoms with van der Waals surface area (Å²) in [6, 6.07) is 14.5. The van der Waals surface area contributed by atoms with E-state index in [-0.39, 0.29) is 17.0 Å². The molecule has 0 bridgehead atoms. The highest BCUT2D eigenvalue weighted by atomic mass is 79.9. The summed E-state index contributed by atoms with van der Waals surface area (Å²) in [5.74, 6) is 6.48. The second-order valence-corrected chi connectivity index (χ2v) is 10.7. The van der Waals surface area contributed by atoms with E-state index in [0.717, 1.165) is 17.7 Å². The van der Waals surface area contributed by atoms with Gasteiger partial charge in [0.15, 0.2) is 12.4 Å². The molecule has 0 aliphatic carbocycles.